The minimum Gasteiger partial charge on any atom is -0.466 e. The molecule has 0 radical (unpaired) electrons. The zero-order chi connectivity index (χ0) is 13.3. The van der Waals surface area contributed by atoms with Crippen molar-refractivity contribution in [3.05, 3.63) is 0 Å². The number of halogens is 3. The molecule has 0 aromatic rings. The molecule has 0 aliphatic rings. The molecule has 0 aliphatic carbocycles. The van der Waals surface area contributed by atoms with E-state index in [0.29, 0.717) is 32.4 Å². The topological polar surface area (TPSA) is 29.5 Å². The molecule has 0 unspecified atom stereocenters. The van der Waals surface area contributed by atoms with Crippen molar-refractivity contribution < 1.29 is 22.7 Å². The quantitative estimate of drug-likeness (QED) is 0.493. The van der Waals surface area contributed by atoms with Gasteiger partial charge in [-0.25, -0.2) is 0 Å². The van der Waals surface area contributed by atoms with Crippen molar-refractivity contribution in [2.75, 3.05) is 26.7 Å². The van der Waals surface area contributed by atoms with E-state index >= 15 is 0 Å². The fraction of sp³-hybridized carbons (Fsp3) is 0.909. The van der Waals surface area contributed by atoms with Gasteiger partial charge in [0.2, 0.25) is 0 Å². The standard InChI is InChI=1S/C11H20F3NO2/c1-3-17-10(16)7-5-4-6-8-15(2)9-11(12,13)14/h3-9H2,1-2H3. The molecule has 0 bridgehead atoms. The first kappa shape index (κ1) is 16.2. The molecule has 102 valence electrons. The van der Waals surface area contributed by atoms with Crippen LogP contribution in [0.25, 0.3) is 0 Å². The van der Waals surface area contributed by atoms with Crippen LogP contribution < -0.4 is 0 Å². The molecule has 3 nitrogen and oxygen atoms in total. The molecule has 0 amide bonds. The average molecular weight is 255 g/mol. The molecular formula is C11H20F3NO2. The van der Waals surface area contributed by atoms with Gasteiger partial charge in [-0.15, -0.1) is 0 Å². The first-order chi connectivity index (χ1) is 7.85. The number of rotatable bonds is 8. The Kier molecular flexibility index (Phi) is 7.95. The predicted molar refractivity (Wildman–Crippen MR) is 58.7 cm³/mol. The lowest BCUT2D eigenvalue weighted by Gasteiger charge is -2.18. The Balaban J connectivity index is 3.42. The first-order valence-corrected chi connectivity index (χ1v) is 5.76. The molecule has 0 saturated carbocycles. The summed E-state index contributed by atoms with van der Waals surface area (Å²) in [5.74, 6) is -0.240. The van der Waals surface area contributed by atoms with Crippen molar-refractivity contribution in [1.82, 2.24) is 4.90 Å². The summed E-state index contributed by atoms with van der Waals surface area (Å²) in [6, 6.07) is 0. The summed E-state index contributed by atoms with van der Waals surface area (Å²) in [5, 5.41) is 0. The van der Waals surface area contributed by atoms with Crippen LogP contribution in [0.3, 0.4) is 0 Å². The summed E-state index contributed by atoms with van der Waals surface area (Å²) in [7, 11) is 1.44. The maximum Gasteiger partial charge on any atom is 0.401 e. The Bertz CT molecular complexity index is 219. The van der Waals surface area contributed by atoms with Gasteiger partial charge in [-0.1, -0.05) is 6.42 Å². The molecule has 0 N–H and O–H groups in total. The summed E-state index contributed by atoms with van der Waals surface area (Å²) in [6.07, 6.45) is -1.73. The Morgan fingerprint density at radius 2 is 1.88 bits per heavy atom. The van der Waals surface area contributed by atoms with E-state index in [0.717, 1.165) is 6.42 Å². The second-order valence-electron chi connectivity index (χ2n) is 3.97. The molecule has 0 aromatic heterocycles. The van der Waals surface area contributed by atoms with E-state index in [1.165, 1.54) is 11.9 Å². The number of carbonyl (C=O) groups excluding carboxylic acids is 1. The highest BCUT2D eigenvalue weighted by Crippen LogP contribution is 2.15. The van der Waals surface area contributed by atoms with Gasteiger partial charge in [-0.3, -0.25) is 9.69 Å². The van der Waals surface area contributed by atoms with Crippen LogP contribution >= 0.6 is 0 Å². The van der Waals surface area contributed by atoms with Crippen LogP contribution in [0, 0.1) is 0 Å². The highest BCUT2D eigenvalue weighted by molar-refractivity contribution is 5.69. The van der Waals surface area contributed by atoms with Crippen LogP contribution in [0.15, 0.2) is 0 Å². The van der Waals surface area contributed by atoms with E-state index in [1.54, 1.807) is 6.92 Å². The van der Waals surface area contributed by atoms with Gasteiger partial charge in [-0.2, -0.15) is 13.2 Å². The van der Waals surface area contributed by atoms with Gasteiger partial charge < -0.3 is 4.74 Å². The Morgan fingerprint density at radius 3 is 2.41 bits per heavy atom. The van der Waals surface area contributed by atoms with E-state index in [9.17, 15) is 18.0 Å². The average Bonchev–Trinajstić information content (AvgIpc) is 2.14. The lowest BCUT2D eigenvalue weighted by atomic mass is 10.2. The van der Waals surface area contributed by atoms with Crippen LogP contribution in [0.1, 0.15) is 32.6 Å². The number of hydrogen-bond donors (Lipinski definition) is 0. The van der Waals surface area contributed by atoms with Crippen LogP contribution in [0.2, 0.25) is 0 Å². The lowest BCUT2D eigenvalue weighted by Crippen LogP contribution is -2.31. The van der Waals surface area contributed by atoms with Crippen molar-refractivity contribution in [2.45, 2.75) is 38.8 Å². The maximum atomic E-state index is 12.0. The highest BCUT2D eigenvalue weighted by Gasteiger charge is 2.28. The molecule has 0 heterocycles. The normalized spacial score (nSPS) is 11.9. The van der Waals surface area contributed by atoms with Gasteiger partial charge in [0.25, 0.3) is 0 Å². The number of unbranched alkanes of at least 4 members (excludes halogenated alkanes) is 2. The number of alkyl halides is 3. The molecule has 0 atom stereocenters. The molecule has 0 aliphatic heterocycles. The Hall–Kier alpha value is -0.780. The number of nitrogens with zero attached hydrogens (tertiary/aromatic N) is 1. The molecule has 0 rings (SSSR count). The Morgan fingerprint density at radius 1 is 1.24 bits per heavy atom. The Labute approximate surface area is 99.9 Å². The fourth-order valence-corrected chi connectivity index (χ4v) is 1.45. The molecule has 17 heavy (non-hydrogen) atoms. The highest BCUT2D eigenvalue weighted by atomic mass is 19.4. The summed E-state index contributed by atoms with van der Waals surface area (Å²) in [4.78, 5) is 12.2. The fourth-order valence-electron chi connectivity index (χ4n) is 1.45. The second-order valence-corrected chi connectivity index (χ2v) is 3.97. The van der Waals surface area contributed by atoms with Gasteiger partial charge in [0, 0.05) is 6.42 Å². The van der Waals surface area contributed by atoms with Crippen molar-refractivity contribution in [3.63, 3.8) is 0 Å². The van der Waals surface area contributed by atoms with Crippen molar-refractivity contribution in [3.8, 4) is 0 Å². The first-order valence-electron chi connectivity index (χ1n) is 5.76. The van der Waals surface area contributed by atoms with E-state index in [-0.39, 0.29) is 5.97 Å². The van der Waals surface area contributed by atoms with Crippen molar-refractivity contribution in [1.29, 1.82) is 0 Å². The van der Waals surface area contributed by atoms with Gasteiger partial charge in [0.05, 0.1) is 13.2 Å². The van der Waals surface area contributed by atoms with Gasteiger partial charge in [0.15, 0.2) is 0 Å². The molecular weight excluding hydrogens is 235 g/mol. The minimum atomic E-state index is -4.14. The third kappa shape index (κ3) is 11.5. The molecule has 6 heteroatoms. The third-order valence-corrected chi connectivity index (χ3v) is 2.18. The zero-order valence-electron chi connectivity index (χ0n) is 10.3. The molecule has 0 saturated heterocycles. The third-order valence-electron chi connectivity index (χ3n) is 2.18. The smallest absolute Gasteiger partial charge is 0.401 e. The summed E-state index contributed by atoms with van der Waals surface area (Å²) >= 11 is 0. The second kappa shape index (κ2) is 8.33. The maximum absolute atomic E-state index is 12.0. The van der Waals surface area contributed by atoms with E-state index in [1.807, 2.05) is 0 Å². The van der Waals surface area contributed by atoms with Crippen LogP contribution in [0.5, 0.6) is 0 Å². The summed E-state index contributed by atoms with van der Waals surface area (Å²) in [6.45, 7) is 1.62. The number of esters is 1. The summed E-state index contributed by atoms with van der Waals surface area (Å²) in [5.41, 5.74) is 0. The van der Waals surface area contributed by atoms with Gasteiger partial charge in [-0.05, 0) is 33.4 Å². The van der Waals surface area contributed by atoms with Crippen molar-refractivity contribution >= 4 is 5.97 Å². The molecule has 0 fully saturated rings. The van der Waals surface area contributed by atoms with Crippen LogP contribution in [-0.2, 0) is 9.53 Å². The zero-order valence-corrected chi connectivity index (χ0v) is 10.3. The number of hydrogen-bond acceptors (Lipinski definition) is 3. The van der Waals surface area contributed by atoms with Crippen LogP contribution in [-0.4, -0.2) is 43.8 Å². The minimum absolute atomic E-state index is 0.240. The SMILES string of the molecule is CCOC(=O)CCCCCN(C)CC(F)(F)F. The lowest BCUT2D eigenvalue weighted by molar-refractivity contribution is -0.143. The predicted octanol–water partition coefficient (Wildman–Crippen LogP) is 2.60. The van der Waals surface area contributed by atoms with Gasteiger partial charge in [0.1, 0.15) is 0 Å². The monoisotopic (exact) mass is 255 g/mol. The molecule has 0 spiro atoms. The van der Waals surface area contributed by atoms with E-state index < -0.39 is 12.7 Å². The summed E-state index contributed by atoms with van der Waals surface area (Å²) < 4.78 is 40.6. The van der Waals surface area contributed by atoms with E-state index in [4.69, 9.17) is 4.74 Å². The number of ether oxygens (including phenoxy) is 1. The van der Waals surface area contributed by atoms with E-state index in [2.05, 4.69) is 0 Å². The number of carbonyl (C=O) groups is 1. The van der Waals surface area contributed by atoms with Gasteiger partial charge >= 0.3 is 12.1 Å². The van der Waals surface area contributed by atoms with Crippen LogP contribution in [0.4, 0.5) is 13.2 Å². The molecule has 0 aromatic carbocycles. The van der Waals surface area contributed by atoms with Crippen molar-refractivity contribution in [2.24, 2.45) is 0 Å². The largest absolute Gasteiger partial charge is 0.466 e.